The third kappa shape index (κ3) is 3.72. The van der Waals surface area contributed by atoms with E-state index in [9.17, 15) is 10.2 Å². The number of aliphatic hydroxyl groups is 2. The van der Waals surface area contributed by atoms with Crippen molar-refractivity contribution in [1.82, 2.24) is 0 Å². The second-order valence-electron chi connectivity index (χ2n) is 11.7. The summed E-state index contributed by atoms with van der Waals surface area (Å²) in [7, 11) is 0. The lowest BCUT2D eigenvalue weighted by atomic mass is 9.44. The summed E-state index contributed by atoms with van der Waals surface area (Å²) < 4.78 is 1.91. The van der Waals surface area contributed by atoms with E-state index in [4.69, 9.17) is 0 Å². The highest BCUT2D eigenvalue weighted by Crippen LogP contribution is 2.63. The van der Waals surface area contributed by atoms with Crippen LogP contribution in [0.5, 0.6) is 0 Å². The van der Waals surface area contributed by atoms with E-state index in [1.54, 1.807) is 0 Å². The van der Waals surface area contributed by atoms with E-state index in [1.807, 2.05) is 36.4 Å². The van der Waals surface area contributed by atoms with Crippen molar-refractivity contribution in [1.29, 1.82) is 0 Å². The Hall–Kier alpha value is -3.80. The van der Waals surface area contributed by atoms with E-state index in [2.05, 4.69) is 141 Å². The molecule has 2 aliphatic rings. The summed E-state index contributed by atoms with van der Waals surface area (Å²) in [5.41, 5.74) is 3.53. The molecule has 0 amide bonds. The van der Waals surface area contributed by atoms with Gasteiger partial charge in [-0.15, -0.1) is 0 Å². The van der Waals surface area contributed by atoms with Gasteiger partial charge in [0.15, 0.2) is 0 Å². The molecule has 4 unspecified atom stereocenters. The summed E-state index contributed by atoms with van der Waals surface area (Å²) >= 11 is 7.42. The molecule has 214 valence electrons. The summed E-state index contributed by atoms with van der Waals surface area (Å²) in [6.07, 6.45) is 5.87. The Bertz CT molecular complexity index is 2000. The van der Waals surface area contributed by atoms with Crippen molar-refractivity contribution in [2.75, 3.05) is 0 Å². The molecule has 4 atom stereocenters. The van der Waals surface area contributed by atoms with E-state index in [-0.39, 0.29) is 0 Å². The van der Waals surface area contributed by atoms with Crippen molar-refractivity contribution in [2.45, 2.75) is 23.0 Å². The third-order valence-electron chi connectivity index (χ3n) is 9.73. The second kappa shape index (κ2) is 10.4. The highest BCUT2D eigenvalue weighted by atomic mass is 79.9. The predicted molar refractivity (Wildman–Crippen MR) is 188 cm³/mol. The third-order valence-corrected chi connectivity index (χ3v) is 10.7. The van der Waals surface area contributed by atoms with Crippen LogP contribution in [-0.2, 0) is 10.8 Å². The SMILES string of the molecule is OC1C=Cc2cc(Br)ccc2C1(c1cccc2ccccc12)C1(c2cccc3ccccc23)c2ccc(Br)cc2C=CC1O. The Morgan fingerprint density at radius 2 is 0.864 bits per heavy atom. The zero-order valence-corrected chi connectivity index (χ0v) is 26.8. The first kappa shape index (κ1) is 27.7. The van der Waals surface area contributed by atoms with Crippen LogP contribution in [0.25, 0.3) is 33.7 Å². The molecule has 0 spiro atoms. The van der Waals surface area contributed by atoms with Crippen molar-refractivity contribution >= 4 is 65.6 Å². The molecule has 44 heavy (non-hydrogen) atoms. The summed E-state index contributed by atoms with van der Waals surface area (Å²) in [4.78, 5) is 0. The molecule has 2 aliphatic carbocycles. The van der Waals surface area contributed by atoms with Crippen LogP contribution in [0.2, 0.25) is 0 Å². The highest BCUT2D eigenvalue weighted by Gasteiger charge is 2.65. The Kier molecular flexibility index (Phi) is 6.55. The van der Waals surface area contributed by atoms with Crippen LogP contribution in [0, 0.1) is 0 Å². The van der Waals surface area contributed by atoms with Crippen molar-refractivity contribution < 1.29 is 10.2 Å². The Morgan fingerprint density at radius 3 is 1.32 bits per heavy atom. The predicted octanol–water partition coefficient (Wildman–Crippen LogP) is 9.57. The number of rotatable bonds is 3. The largest absolute Gasteiger partial charge is 0.388 e. The molecular weight excluding hydrogens is 672 g/mol. The number of aliphatic hydroxyl groups excluding tert-OH is 2. The summed E-state index contributed by atoms with van der Waals surface area (Å²) in [6, 6.07) is 42.0. The van der Waals surface area contributed by atoms with Crippen molar-refractivity contribution in [2.24, 2.45) is 0 Å². The van der Waals surface area contributed by atoms with Gasteiger partial charge in [-0.05, 0) is 79.2 Å². The summed E-state index contributed by atoms with van der Waals surface area (Å²) in [6.45, 7) is 0. The zero-order valence-electron chi connectivity index (χ0n) is 23.7. The minimum Gasteiger partial charge on any atom is -0.388 e. The lowest BCUT2D eigenvalue weighted by molar-refractivity contribution is 0.0345. The van der Waals surface area contributed by atoms with Crippen LogP contribution >= 0.6 is 31.9 Å². The molecule has 2 N–H and O–H groups in total. The molecule has 0 heterocycles. The van der Waals surface area contributed by atoms with E-state index in [1.165, 1.54) is 0 Å². The van der Waals surface area contributed by atoms with Gasteiger partial charge in [-0.25, -0.2) is 0 Å². The quantitative estimate of drug-likeness (QED) is 0.193. The fraction of sp³-hybridized carbons (Fsp3) is 0.100. The van der Waals surface area contributed by atoms with Crippen molar-refractivity contribution in [3.05, 3.63) is 176 Å². The van der Waals surface area contributed by atoms with Gasteiger partial charge in [-0.3, -0.25) is 0 Å². The van der Waals surface area contributed by atoms with Crippen LogP contribution in [0.1, 0.15) is 33.4 Å². The molecule has 4 heteroatoms. The molecular formula is C40H28Br2O2. The average molecular weight is 700 g/mol. The van der Waals surface area contributed by atoms with Gasteiger partial charge in [0.2, 0.25) is 0 Å². The second-order valence-corrected chi connectivity index (χ2v) is 13.6. The Balaban J connectivity index is 1.68. The van der Waals surface area contributed by atoms with Crippen molar-refractivity contribution in [3.63, 3.8) is 0 Å². The molecule has 6 aromatic carbocycles. The average Bonchev–Trinajstić information content (AvgIpc) is 3.05. The molecule has 0 bridgehead atoms. The van der Waals surface area contributed by atoms with Crippen LogP contribution in [0.3, 0.4) is 0 Å². The van der Waals surface area contributed by atoms with Gasteiger partial charge in [0, 0.05) is 8.95 Å². The molecule has 6 aromatic rings. The molecule has 2 nitrogen and oxygen atoms in total. The lowest BCUT2D eigenvalue weighted by Crippen LogP contribution is -2.64. The number of halogens is 2. The molecule has 8 rings (SSSR count). The maximum Gasteiger partial charge on any atom is 0.0874 e. The highest BCUT2D eigenvalue weighted by molar-refractivity contribution is 9.10. The maximum absolute atomic E-state index is 12.9. The standard InChI is InChI=1S/C40H28Br2O2/c41-29-17-19-33-27(23-29)15-21-37(43)39(33,35-13-5-9-25-7-1-3-11-31(25)35)40(36-14-6-10-26-8-2-4-12-32(26)36)34-20-18-30(42)24-28(34)16-22-38(40)44/h1-24,37-38,43-44H. The topological polar surface area (TPSA) is 40.5 Å². The smallest absolute Gasteiger partial charge is 0.0874 e. The number of hydrogen-bond acceptors (Lipinski definition) is 2. The van der Waals surface area contributed by atoms with Gasteiger partial charge < -0.3 is 10.2 Å². The van der Waals surface area contributed by atoms with E-state index < -0.39 is 23.0 Å². The van der Waals surface area contributed by atoms with Gasteiger partial charge in [-0.2, -0.15) is 0 Å². The zero-order chi connectivity index (χ0) is 30.1. The first-order valence-corrected chi connectivity index (χ1v) is 16.3. The van der Waals surface area contributed by atoms with E-state index >= 15 is 0 Å². The first-order chi connectivity index (χ1) is 21.5. The van der Waals surface area contributed by atoms with Crippen LogP contribution in [-0.4, -0.2) is 22.4 Å². The number of fused-ring (bicyclic) bond motifs is 4. The Morgan fingerprint density at radius 1 is 0.455 bits per heavy atom. The van der Waals surface area contributed by atoms with Gasteiger partial charge in [-0.1, -0.05) is 153 Å². The monoisotopic (exact) mass is 698 g/mol. The summed E-state index contributed by atoms with van der Waals surface area (Å²) in [5.74, 6) is 0. The lowest BCUT2D eigenvalue weighted by Gasteiger charge is -2.58. The van der Waals surface area contributed by atoms with Crippen LogP contribution in [0.4, 0.5) is 0 Å². The molecule has 0 radical (unpaired) electrons. The normalized spacial score (nSPS) is 23.9. The van der Waals surface area contributed by atoms with Crippen LogP contribution < -0.4 is 0 Å². The van der Waals surface area contributed by atoms with Crippen LogP contribution in [0.15, 0.2) is 142 Å². The van der Waals surface area contributed by atoms with Gasteiger partial charge >= 0.3 is 0 Å². The van der Waals surface area contributed by atoms with Crippen molar-refractivity contribution in [3.8, 4) is 0 Å². The minimum atomic E-state index is -1.16. The number of hydrogen-bond donors (Lipinski definition) is 2. The summed E-state index contributed by atoms with van der Waals surface area (Å²) in [5, 5.41) is 29.9. The number of benzene rings is 6. The minimum absolute atomic E-state index is 0.955. The maximum atomic E-state index is 12.9. The van der Waals surface area contributed by atoms with Gasteiger partial charge in [0.1, 0.15) is 0 Å². The van der Waals surface area contributed by atoms with E-state index in [0.29, 0.717) is 0 Å². The molecule has 0 saturated carbocycles. The van der Waals surface area contributed by atoms with E-state index in [0.717, 1.165) is 63.9 Å². The Labute approximate surface area is 273 Å². The van der Waals surface area contributed by atoms with Gasteiger partial charge in [0.05, 0.1) is 23.0 Å². The fourth-order valence-electron chi connectivity index (χ4n) is 8.12. The molecule has 0 aromatic heterocycles. The molecule has 0 fully saturated rings. The molecule has 0 aliphatic heterocycles. The van der Waals surface area contributed by atoms with Gasteiger partial charge in [0.25, 0.3) is 0 Å². The first-order valence-electron chi connectivity index (χ1n) is 14.8. The molecule has 0 saturated heterocycles. The fourth-order valence-corrected chi connectivity index (χ4v) is 8.88.